The van der Waals surface area contributed by atoms with Gasteiger partial charge in [-0.1, -0.05) is 36.4 Å². The van der Waals surface area contributed by atoms with E-state index in [-0.39, 0.29) is 5.82 Å². The van der Waals surface area contributed by atoms with Crippen molar-refractivity contribution in [3.8, 4) is 0 Å². The average molecular weight is 244 g/mol. The van der Waals surface area contributed by atoms with Gasteiger partial charge in [0.15, 0.2) is 0 Å². The molecule has 0 fully saturated rings. The van der Waals surface area contributed by atoms with Crippen molar-refractivity contribution < 1.29 is 14.6 Å². The first-order valence-corrected chi connectivity index (χ1v) is 5.89. The normalized spacial score (nSPS) is 26.1. The first-order chi connectivity index (χ1) is 8.68. The van der Waals surface area contributed by atoms with E-state index in [1.165, 1.54) is 12.1 Å². The van der Waals surface area contributed by atoms with Crippen molar-refractivity contribution in [1.82, 2.24) is 0 Å². The van der Waals surface area contributed by atoms with Gasteiger partial charge in [0.1, 0.15) is 5.82 Å². The summed E-state index contributed by atoms with van der Waals surface area (Å²) < 4.78 is 12.9. The number of halogens is 1. The predicted octanol–water partition coefficient (Wildman–Crippen LogP) is 2.69. The van der Waals surface area contributed by atoms with Crippen LogP contribution in [0.2, 0.25) is 0 Å². The minimum Gasteiger partial charge on any atom is -0.388 e. The fourth-order valence-electron chi connectivity index (χ4n) is 2.66. The largest absolute Gasteiger partial charge is 0.388 e. The highest BCUT2D eigenvalue weighted by Gasteiger charge is 2.39. The van der Waals surface area contributed by atoms with Gasteiger partial charge in [0.05, 0.1) is 12.2 Å². The maximum Gasteiger partial charge on any atom is 0.123 e. The second kappa shape index (κ2) is 4.19. The number of hydrogen-bond donors (Lipinski definition) is 2. The molecule has 2 nitrogen and oxygen atoms in total. The SMILES string of the molecule is O[C@@H]1c2ccccc2[C@H](O)C1c1ccc(F)cc1. The third-order valence-electron chi connectivity index (χ3n) is 3.57. The highest BCUT2D eigenvalue weighted by molar-refractivity contribution is 5.42. The van der Waals surface area contributed by atoms with Crippen LogP contribution >= 0.6 is 0 Å². The van der Waals surface area contributed by atoms with Gasteiger partial charge in [-0.05, 0) is 28.8 Å². The molecule has 0 amide bonds. The molecule has 1 aliphatic carbocycles. The summed E-state index contributed by atoms with van der Waals surface area (Å²) in [6.45, 7) is 0. The summed E-state index contributed by atoms with van der Waals surface area (Å²) in [5, 5.41) is 20.6. The molecular formula is C15H13FO2. The standard InChI is InChI=1S/C15H13FO2/c16-10-7-5-9(6-8-10)13-14(17)11-3-1-2-4-12(11)15(13)18/h1-8,13-15,17-18H/t13?,14-,15+. The molecular weight excluding hydrogens is 231 g/mol. The first-order valence-electron chi connectivity index (χ1n) is 5.89. The molecule has 2 aromatic rings. The predicted molar refractivity (Wildman–Crippen MR) is 65.5 cm³/mol. The monoisotopic (exact) mass is 244 g/mol. The van der Waals surface area contributed by atoms with Gasteiger partial charge in [-0.25, -0.2) is 4.39 Å². The zero-order valence-electron chi connectivity index (χ0n) is 9.62. The molecule has 0 radical (unpaired) electrons. The van der Waals surface area contributed by atoms with Crippen LogP contribution in [0, 0.1) is 5.82 Å². The van der Waals surface area contributed by atoms with Crippen LogP contribution in [0.15, 0.2) is 48.5 Å². The molecule has 2 aromatic carbocycles. The molecule has 0 aromatic heterocycles. The van der Waals surface area contributed by atoms with Gasteiger partial charge in [0.2, 0.25) is 0 Å². The van der Waals surface area contributed by atoms with Crippen LogP contribution in [-0.4, -0.2) is 10.2 Å². The summed E-state index contributed by atoms with van der Waals surface area (Å²) in [5.74, 6) is -0.749. The summed E-state index contributed by atoms with van der Waals surface area (Å²) in [5.41, 5.74) is 2.24. The molecule has 0 saturated heterocycles. The number of fused-ring (bicyclic) bond motifs is 1. The van der Waals surface area contributed by atoms with Crippen molar-refractivity contribution >= 4 is 0 Å². The zero-order chi connectivity index (χ0) is 12.7. The maximum absolute atomic E-state index is 12.9. The molecule has 1 unspecified atom stereocenters. The minimum absolute atomic E-state index is 0.321. The quantitative estimate of drug-likeness (QED) is 0.809. The van der Waals surface area contributed by atoms with Crippen LogP contribution in [0.3, 0.4) is 0 Å². The molecule has 2 N–H and O–H groups in total. The van der Waals surface area contributed by atoms with Crippen molar-refractivity contribution in [2.24, 2.45) is 0 Å². The lowest BCUT2D eigenvalue weighted by Crippen LogP contribution is -2.09. The van der Waals surface area contributed by atoms with Crippen molar-refractivity contribution in [2.75, 3.05) is 0 Å². The van der Waals surface area contributed by atoms with Crippen molar-refractivity contribution in [1.29, 1.82) is 0 Å². The smallest absolute Gasteiger partial charge is 0.123 e. The molecule has 0 aliphatic heterocycles. The molecule has 0 spiro atoms. The van der Waals surface area contributed by atoms with Crippen LogP contribution in [0.25, 0.3) is 0 Å². The second-order valence-corrected chi connectivity index (χ2v) is 4.60. The highest BCUT2D eigenvalue weighted by atomic mass is 19.1. The van der Waals surface area contributed by atoms with Gasteiger partial charge in [-0.2, -0.15) is 0 Å². The molecule has 92 valence electrons. The molecule has 0 saturated carbocycles. The minimum atomic E-state index is -0.748. The van der Waals surface area contributed by atoms with Crippen LogP contribution in [0.4, 0.5) is 4.39 Å². The van der Waals surface area contributed by atoms with Crippen molar-refractivity contribution in [3.63, 3.8) is 0 Å². The van der Waals surface area contributed by atoms with Gasteiger partial charge < -0.3 is 10.2 Å². The van der Waals surface area contributed by atoms with E-state index >= 15 is 0 Å². The molecule has 1 aliphatic rings. The van der Waals surface area contributed by atoms with Crippen molar-refractivity contribution in [2.45, 2.75) is 18.1 Å². The van der Waals surface area contributed by atoms with Crippen LogP contribution in [-0.2, 0) is 0 Å². The third kappa shape index (κ3) is 1.64. The Morgan fingerprint density at radius 2 is 1.28 bits per heavy atom. The van der Waals surface area contributed by atoms with Crippen molar-refractivity contribution in [3.05, 3.63) is 71.0 Å². The number of rotatable bonds is 1. The Morgan fingerprint density at radius 3 is 1.78 bits per heavy atom. The third-order valence-corrected chi connectivity index (χ3v) is 3.57. The van der Waals surface area contributed by atoms with Gasteiger partial charge in [-0.15, -0.1) is 0 Å². The number of hydrogen-bond acceptors (Lipinski definition) is 2. The number of benzene rings is 2. The van der Waals surface area contributed by atoms with Crippen LogP contribution in [0.5, 0.6) is 0 Å². The molecule has 3 heteroatoms. The lowest BCUT2D eigenvalue weighted by Gasteiger charge is -2.19. The van der Waals surface area contributed by atoms with Gasteiger partial charge in [0, 0.05) is 5.92 Å². The zero-order valence-corrected chi connectivity index (χ0v) is 9.62. The summed E-state index contributed by atoms with van der Waals surface area (Å²) in [4.78, 5) is 0. The average Bonchev–Trinajstić information content (AvgIpc) is 2.64. The Balaban J connectivity index is 2.03. The topological polar surface area (TPSA) is 40.5 Å². The van der Waals surface area contributed by atoms with E-state index in [1.54, 1.807) is 12.1 Å². The van der Waals surface area contributed by atoms with E-state index in [0.717, 1.165) is 16.7 Å². The number of aliphatic hydroxyl groups excluding tert-OH is 2. The van der Waals surface area contributed by atoms with Crippen LogP contribution < -0.4 is 0 Å². The Morgan fingerprint density at radius 1 is 0.778 bits per heavy atom. The Hall–Kier alpha value is -1.71. The Bertz CT molecular complexity index is 536. The molecule has 18 heavy (non-hydrogen) atoms. The molecule has 0 bridgehead atoms. The van der Waals surface area contributed by atoms with E-state index < -0.39 is 18.1 Å². The van der Waals surface area contributed by atoms with E-state index in [1.807, 2.05) is 24.3 Å². The number of aliphatic hydroxyl groups is 2. The second-order valence-electron chi connectivity index (χ2n) is 4.60. The first kappa shape index (κ1) is 11.4. The fourth-order valence-corrected chi connectivity index (χ4v) is 2.66. The Kier molecular flexibility index (Phi) is 2.65. The maximum atomic E-state index is 12.9. The summed E-state index contributed by atoms with van der Waals surface area (Å²) in [6.07, 6.45) is -1.50. The lowest BCUT2D eigenvalue weighted by molar-refractivity contribution is 0.0771. The fraction of sp³-hybridized carbons (Fsp3) is 0.200. The molecule has 3 atom stereocenters. The highest BCUT2D eigenvalue weighted by Crippen LogP contribution is 2.49. The molecule has 0 heterocycles. The van der Waals surface area contributed by atoms with Gasteiger partial charge in [-0.3, -0.25) is 0 Å². The van der Waals surface area contributed by atoms with Crippen LogP contribution in [0.1, 0.15) is 34.8 Å². The Labute approximate surface area is 104 Å². The lowest BCUT2D eigenvalue weighted by atomic mass is 9.92. The van der Waals surface area contributed by atoms with E-state index in [4.69, 9.17) is 0 Å². The summed E-state index contributed by atoms with van der Waals surface area (Å²) in [6, 6.07) is 13.2. The van der Waals surface area contributed by atoms with E-state index in [9.17, 15) is 14.6 Å². The van der Waals surface area contributed by atoms with Gasteiger partial charge >= 0.3 is 0 Å². The van der Waals surface area contributed by atoms with E-state index in [2.05, 4.69) is 0 Å². The van der Waals surface area contributed by atoms with E-state index in [0.29, 0.717) is 0 Å². The summed E-state index contributed by atoms with van der Waals surface area (Å²) >= 11 is 0. The molecule has 3 rings (SSSR count). The van der Waals surface area contributed by atoms with Gasteiger partial charge in [0.25, 0.3) is 0 Å². The summed E-state index contributed by atoms with van der Waals surface area (Å²) in [7, 11) is 0.